The minimum atomic E-state index is -1.11. The topological polar surface area (TPSA) is 59.4 Å². The zero-order valence-corrected chi connectivity index (χ0v) is 11.2. The van der Waals surface area contributed by atoms with Crippen molar-refractivity contribution in [3.05, 3.63) is 52.2 Å². The highest BCUT2D eigenvalue weighted by Crippen LogP contribution is 2.31. The Morgan fingerprint density at radius 2 is 2.05 bits per heavy atom. The van der Waals surface area contributed by atoms with Gasteiger partial charge in [-0.15, -0.1) is 0 Å². The first-order valence-corrected chi connectivity index (χ1v) is 5.99. The number of carboxylic acid groups (broad SMARTS) is 1. The number of ether oxygens (including phenoxy) is 1. The van der Waals surface area contributed by atoms with Crippen LogP contribution in [0.3, 0.4) is 0 Å². The van der Waals surface area contributed by atoms with Crippen LogP contribution in [0.2, 0.25) is 5.02 Å². The average Bonchev–Trinajstić information content (AvgIpc) is 2.34. The third kappa shape index (κ3) is 2.85. The highest BCUT2D eigenvalue weighted by atomic mass is 35.5. The van der Waals surface area contributed by atoms with Crippen molar-refractivity contribution in [3.63, 3.8) is 0 Å². The lowest BCUT2D eigenvalue weighted by Crippen LogP contribution is -2.00. The number of aromatic nitrogens is 1. The van der Waals surface area contributed by atoms with Crippen molar-refractivity contribution < 1.29 is 14.6 Å². The summed E-state index contributed by atoms with van der Waals surface area (Å²) in [6.45, 7) is 3.88. The van der Waals surface area contributed by atoms with E-state index in [2.05, 4.69) is 4.98 Å². The molecule has 19 heavy (non-hydrogen) atoms. The summed E-state index contributed by atoms with van der Waals surface area (Å²) >= 11 is 5.97. The van der Waals surface area contributed by atoms with Crippen molar-refractivity contribution in [2.75, 3.05) is 0 Å². The van der Waals surface area contributed by atoms with Gasteiger partial charge in [-0.1, -0.05) is 29.3 Å². The minimum Gasteiger partial charge on any atom is -0.478 e. The van der Waals surface area contributed by atoms with E-state index in [0.717, 1.165) is 11.1 Å². The quantitative estimate of drug-likeness (QED) is 0.926. The second-order valence-corrected chi connectivity index (χ2v) is 4.53. The Bertz CT molecular complexity index is 641. The molecule has 0 radical (unpaired) electrons. The van der Waals surface area contributed by atoms with Crippen LogP contribution in [0.25, 0.3) is 0 Å². The van der Waals surface area contributed by atoms with Gasteiger partial charge < -0.3 is 9.84 Å². The molecule has 0 atom stereocenters. The maximum atomic E-state index is 11.0. The molecule has 2 aromatic rings. The Balaban J connectivity index is 2.38. The molecule has 0 amide bonds. The lowest BCUT2D eigenvalue weighted by atomic mass is 10.1. The van der Waals surface area contributed by atoms with E-state index < -0.39 is 5.97 Å². The number of pyridine rings is 1. The van der Waals surface area contributed by atoms with Crippen LogP contribution in [0, 0.1) is 13.8 Å². The van der Waals surface area contributed by atoms with Crippen molar-refractivity contribution >= 4 is 17.6 Å². The van der Waals surface area contributed by atoms with Gasteiger partial charge in [-0.05, 0) is 31.5 Å². The summed E-state index contributed by atoms with van der Waals surface area (Å²) in [6, 6.07) is 7.00. The number of benzene rings is 1. The minimum absolute atomic E-state index is 0.00465. The van der Waals surface area contributed by atoms with Gasteiger partial charge in [-0.3, -0.25) is 0 Å². The fourth-order valence-corrected chi connectivity index (χ4v) is 1.91. The highest BCUT2D eigenvalue weighted by Gasteiger charge is 2.15. The summed E-state index contributed by atoms with van der Waals surface area (Å²) in [5.41, 5.74) is 2.01. The van der Waals surface area contributed by atoms with E-state index in [4.69, 9.17) is 21.4 Å². The molecule has 0 saturated carbocycles. The van der Waals surface area contributed by atoms with Crippen LogP contribution in [0.4, 0.5) is 0 Å². The smallest absolute Gasteiger partial charge is 0.337 e. The summed E-state index contributed by atoms with van der Waals surface area (Å²) in [4.78, 5) is 14.9. The van der Waals surface area contributed by atoms with Crippen molar-refractivity contribution in [1.29, 1.82) is 0 Å². The Morgan fingerprint density at radius 1 is 1.32 bits per heavy atom. The van der Waals surface area contributed by atoms with E-state index in [0.29, 0.717) is 5.75 Å². The first-order chi connectivity index (χ1) is 8.99. The van der Waals surface area contributed by atoms with Gasteiger partial charge in [-0.2, -0.15) is 0 Å². The number of rotatable bonds is 3. The van der Waals surface area contributed by atoms with E-state index in [9.17, 15) is 4.79 Å². The van der Waals surface area contributed by atoms with Crippen LogP contribution in [0.1, 0.15) is 21.5 Å². The van der Waals surface area contributed by atoms with Crippen LogP contribution in [-0.4, -0.2) is 16.1 Å². The van der Waals surface area contributed by atoms with Gasteiger partial charge in [0.2, 0.25) is 5.88 Å². The molecule has 1 N–H and O–H groups in total. The van der Waals surface area contributed by atoms with Gasteiger partial charge in [-0.25, -0.2) is 9.78 Å². The Morgan fingerprint density at radius 3 is 2.68 bits per heavy atom. The standard InChI is InChI=1S/C14H12ClNO3/c1-8-3-4-11(9(2)7-8)19-13-12(15)10(14(17)18)5-6-16-13/h3-7H,1-2H3,(H,17,18). The van der Waals surface area contributed by atoms with Gasteiger partial charge in [0.05, 0.1) is 5.56 Å². The highest BCUT2D eigenvalue weighted by molar-refractivity contribution is 6.34. The van der Waals surface area contributed by atoms with E-state index in [-0.39, 0.29) is 16.5 Å². The first-order valence-electron chi connectivity index (χ1n) is 5.62. The van der Waals surface area contributed by atoms with Gasteiger partial charge in [0, 0.05) is 6.20 Å². The molecule has 0 aliphatic heterocycles. The molecule has 2 rings (SSSR count). The van der Waals surface area contributed by atoms with Crippen LogP contribution in [-0.2, 0) is 0 Å². The number of halogens is 1. The van der Waals surface area contributed by atoms with E-state index in [1.54, 1.807) is 6.07 Å². The molecule has 0 unspecified atom stereocenters. The summed E-state index contributed by atoms with van der Waals surface area (Å²) in [7, 11) is 0. The lowest BCUT2D eigenvalue weighted by Gasteiger charge is -2.10. The summed E-state index contributed by atoms with van der Waals surface area (Å²) in [6.07, 6.45) is 1.36. The number of aromatic carboxylic acids is 1. The first kappa shape index (κ1) is 13.4. The maximum Gasteiger partial charge on any atom is 0.337 e. The third-order valence-corrected chi connectivity index (χ3v) is 2.99. The lowest BCUT2D eigenvalue weighted by molar-refractivity contribution is 0.0696. The number of carbonyl (C=O) groups is 1. The molecule has 1 aromatic carbocycles. The SMILES string of the molecule is Cc1ccc(Oc2nccc(C(=O)O)c2Cl)c(C)c1. The van der Waals surface area contributed by atoms with Crippen molar-refractivity contribution in [2.24, 2.45) is 0 Å². The second-order valence-electron chi connectivity index (χ2n) is 4.15. The van der Waals surface area contributed by atoms with Crippen LogP contribution < -0.4 is 4.74 Å². The molecule has 0 saturated heterocycles. The molecule has 0 aliphatic carbocycles. The van der Waals surface area contributed by atoms with Gasteiger partial charge in [0.1, 0.15) is 10.8 Å². The fraction of sp³-hybridized carbons (Fsp3) is 0.143. The number of hydrogen-bond donors (Lipinski definition) is 1. The number of carboxylic acids is 1. The normalized spacial score (nSPS) is 10.3. The predicted octanol–water partition coefficient (Wildman–Crippen LogP) is 3.84. The molecular weight excluding hydrogens is 266 g/mol. The van der Waals surface area contributed by atoms with Crippen molar-refractivity contribution in [1.82, 2.24) is 4.98 Å². The molecule has 0 aliphatic rings. The van der Waals surface area contributed by atoms with E-state index >= 15 is 0 Å². The molecule has 0 spiro atoms. The van der Waals surface area contributed by atoms with Crippen LogP contribution >= 0.6 is 11.6 Å². The molecule has 1 heterocycles. The zero-order valence-electron chi connectivity index (χ0n) is 10.5. The van der Waals surface area contributed by atoms with Crippen LogP contribution in [0.15, 0.2) is 30.5 Å². The largest absolute Gasteiger partial charge is 0.478 e. The zero-order chi connectivity index (χ0) is 14.0. The van der Waals surface area contributed by atoms with Crippen LogP contribution in [0.5, 0.6) is 11.6 Å². The molecule has 0 fully saturated rings. The Kier molecular flexibility index (Phi) is 3.71. The third-order valence-electron chi connectivity index (χ3n) is 2.62. The molecule has 4 nitrogen and oxygen atoms in total. The number of hydrogen-bond acceptors (Lipinski definition) is 3. The number of aryl methyl sites for hydroxylation is 2. The monoisotopic (exact) mass is 277 g/mol. The Hall–Kier alpha value is -2.07. The summed E-state index contributed by atoms with van der Waals surface area (Å²) < 4.78 is 5.58. The molecule has 5 heteroatoms. The second kappa shape index (κ2) is 5.28. The van der Waals surface area contributed by atoms with E-state index in [1.807, 2.05) is 26.0 Å². The summed E-state index contributed by atoms with van der Waals surface area (Å²) in [5.74, 6) is -0.422. The van der Waals surface area contributed by atoms with Gasteiger partial charge >= 0.3 is 5.97 Å². The van der Waals surface area contributed by atoms with Gasteiger partial charge in [0.25, 0.3) is 0 Å². The fourth-order valence-electron chi connectivity index (χ4n) is 1.68. The molecule has 0 bridgehead atoms. The molecular formula is C14H12ClNO3. The average molecular weight is 278 g/mol. The maximum absolute atomic E-state index is 11.0. The number of nitrogens with zero attached hydrogens (tertiary/aromatic N) is 1. The predicted molar refractivity (Wildman–Crippen MR) is 72.2 cm³/mol. The Labute approximate surface area is 115 Å². The summed E-state index contributed by atoms with van der Waals surface area (Å²) in [5, 5.41) is 8.97. The van der Waals surface area contributed by atoms with Gasteiger partial charge in [0.15, 0.2) is 0 Å². The molecule has 1 aromatic heterocycles. The van der Waals surface area contributed by atoms with Crippen molar-refractivity contribution in [3.8, 4) is 11.6 Å². The molecule has 98 valence electrons. The van der Waals surface area contributed by atoms with Crippen molar-refractivity contribution in [2.45, 2.75) is 13.8 Å². The van der Waals surface area contributed by atoms with E-state index in [1.165, 1.54) is 12.3 Å².